The highest BCUT2D eigenvalue weighted by Crippen LogP contribution is 1.97. The Bertz CT molecular complexity index is 27.3. The molecule has 0 aliphatic carbocycles. The molecule has 0 N–H and O–H groups in total. The smallest absolute Gasteiger partial charge is 0.343 e. The standard InChI is InChI=1S/C5H11BF/c1-2-3-4-5-6-7/h2-5H2,1H3. The molecule has 0 heterocycles. The number of unbranched alkanes of at least 4 members (excludes halogenated alkanes) is 2. The Morgan fingerprint density at radius 3 is 2.57 bits per heavy atom. The van der Waals surface area contributed by atoms with E-state index in [1.54, 1.807) is 0 Å². The first kappa shape index (κ1) is 6.99. The zero-order valence-electron chi connectivity index (χ0n) is 4.78. The van der Waals surface area contributed by atoms with Crippen LogP contribution >= 0.6 is 0 Å². The van der Waals surface area contributed by atoms with E-state index in [0.717, 1.165) is 20.4 Å². The number of rotatable bonds is 4. The molecule has 7 heavy (non-hydrogen) atoms. The van der Waals surface area contributed by atoms with E-state index in [-0.39, 0.29) is 0 Å². The Morgan fingerprint density at radius 1 is 1.43 bits per heavy atom. The summed E-state index contributed by atoms with van der Waals surface area (Å²) in [7, 11) is 0.732. The maximum Gasteiger partial charge on any atom is 0.354 e. The molecule has 41 valence electrons. The van der Waals surface area contributed by atoms with E-state index in [0.29, 0.717) is 6.32 Å². The van der Waals surface area contributed by atoms with Crippen LogP contribution in [0.15, 0.2) is 0 Å². The first-order chi connectivity index (χ1) is 3.41. The molecule has 0 saturated carbocycles. The second-order valence-electron chi connectivity index (χ2n) is 1.65. The van der Waals surface area contributed by atoms with Crippen molar-refractivity contribution in [2.45, 2.75) is 32.5 Å². The van der Waals surface area contributed by atoms with Crippen molar-refractivity contribution in [3.05, 3.63) is 0 Å². The van der Waals surface area contributed by atoms with Crippen LogP contribution in [0, 0.1) is 0 Å². The zero-order valence-corrected chi connectivity index (χ0v) is 4.78. The summed E-state index contributed by atoms with van der Waals surface area (Å²) in [6.45, 7) is 2.11. The lowest BCUT2D eigenvalue weighted by atomic mass is 9.95. The second kappa shape index (κ2) is 5.99. The average Bonchev–Trinajstić information content (AvgIpc) is 1.69. The van der Waals surface area contributed by atoms with Gasteiger partial charge in [-0.2, -0.15) is 0 Å². The van der Waals surface area contributed by atoms with Crippen LogP contribution in [0.25, 0.3) is 0 Å². The van der Waals surface area contributed by atoms with Gasteiger partial charge in [0, 0.05) is 0 Å². The molecular formula is C5H11BF. The summed E-state index contributed by atoms with van der Waals surface area (Å²) in [5.41, 5.74) is 0. The van der Waals surface area contributed by atoms with Gasteiger partial charge in [0.25, 0.3) is 0 Å². The lowest BCUT2D eigenvalue weighted by molar-refractivity contribution is 0.746. The first-order valence-corrected chi connectivity index (χ1v) is 2.83. The van der Waals surface area contributed by atoms with Crippen molar-refractivity contribution in [2.24, 2.45) is 0 Å². The monoisotopic (exact) mass is 101 g/mol. The van der Waals surface area contributed by atoms with Gasteiger partial charge >= 0.3 is 7.56 Å². The Labute approximate surface area is 45.4 Å². The second-order valence-corrected chi connectivity index (χ2v) is 1.65. The third-order valence-electron chi connectivity index (χ3n) is 0.917. The number of hydrogen-bond donors (Lipinski definition) is 0. The Hall–Kier alpha value is -0.00506. The fraction of sp³-hybridized carbons (Fsp3) is 1.00. The minimum absolute atomic E-state index is 0.633. The first-order valence-electron chi connectivity index (χ1n) is 2.83. The summed E-state index contributed by atoms with van der Waals surface area (Å²) in [6, 6.07) is 0. The highest BCUT2D eigenvalue weighted by atomic mass is 19.1. The fourth-order valence-electron chi connectivity index (χ4n) is 0.471. The van der Waals surface area contributed by atoms with Crippen LogP contribution in [-0.2, 0) is 0 Å². The highest BCUT2D eigenvalue weighted by Gasteiger charge is 1.86. The van der Waals surface area contributed by atoms with E-state index < -0.39 is 0 Å². The number of halogens is 1. The van der Waals surface area contributed by atoms with Crippen LogP contribution in [0.5, 0.6) is 0 Å². The van der Waals surface area contributed by atoms with E-state index >= 15 is 0 Å². The van der Waals surface area contributed by atoms with Gasteiger partial charge in [0.1, 0.15) is 0 Å². The van der Waals surface area contributed by atoms with E-state index in [1.807, 2.05) is 0 Å². The van der Waals surface area contributed by atoms with Gasteiger partial charge in [-0.25, -0.2) is 0 Å². The lowest BCUT2D eigenvalue weighted by Crippen LogP contribution is -1.77. The summed E-state index contributed by atoms with van der Waals surface area (Å²) in [6.07, 6.45) is 3.97. The van der Waals surface area contributed by atoms with Crippen molar-refractivity contribution in [3.8, 4) is 0 Å². The Morgan fingerprint density at radius 2 is 2.14 bits per heavy atom. The molecule has 1 radical (unpaired) electrons. The normalized spacial score (nSPS) is 8.86. The summed E-state index contributed by atoms with van der Waals surface area (Å²) < 4.78 is 11.2. The van der Waals surface area contributed by atoms with Crippen LogP contribution in [0.3, 0.4) is 0 Å². The van der Waals surface area contributed by atoms with E-state index in [1.165, 1.54) is 6.42 Å². The fourth-order valence-corrected chi connectivity index (χ4v) is 0.471. The van der Waals surface area contributed by atoms with Gasteiger partial charge in [0.05, 0.1) is 0 Å². The molecule has 0 aromatic heterocycles. The highest BCUT2D eigenvalue weighted by molar-refractivity contribution is 6.25. The largest absolute Gasteiger partial charge is 0.354 e. The van der Waals surface area contributed by atoms with Crippen molar-refractivity contribution in [2.75, 3.05) is 0 Å². The van der Waals surface area contributed by atoms with Gasteiger partial charge in [-0.1, -0.05) is 26.2 Å². The van der Waals surface area contributed by atoms with E-state index in [9.17, 15) is 4.32 Å². The van der Waals surface area contributed by atoms with Gasteiger partial charge in [0.15, 0.2) is 0 Å². The molecule has 0 aliphatic heterocycles. The molecule has 0 bridgehead atoms. The van der Waals surface area contributed by atoms with E-state index in [4.69, 9.17) is 0 Å². The summed E-state index contributed by atoms with van der Waals surface area (Å²) in [5, 5.41) is 0. The molecule has 0 unspecified atom stereocenters. The Kier molecular flexibility index (Phi) is 5.99. The van der Waals surface area contributed by atoms with Crippen LogP contribution in [0.2, 0.25) is 6.32 Å². The lowest BCUT2D eigenvalue weighted by Gasteiger charge is -1.87. The summed E-state index contributed by atoms with van der Waals surface area (Å²) in [5.74, 6) is 0. The van der Waals surface area contributed by atoms with Crippen molar-refractivity contribution in [1.29, 1.82) is 0 Å². The third kappa shape index (κ3) is 5.99. The molecule has 0 spiro atoms. The average molecular weight is 101 g/mol. The van der Waals surface area contributed by atoms with Crippen molar-refractivity contribution < 1.29 is 4.32 Å². The summed E-state index contributed by atoms with van der Waals surface area (Å²) >= 11 is 0. The molecule has 0 nitrogen and oxygen atoms in total. The van der Waals surface area contributed by atoms with Crippen LogP contribution in [-0.4, -0.2) is 7.56 Å². The van der Waals surface area contributed by atoms with Crippen molar-refractivity contribution in [1.82, 2.24) is 0 Å². The van der Waals surface area contributed by atoms with Gasteiger partial charge in [0.2, 0.25) is 0 Å². The molecular weight excluding hydrogens is 89.9 g/mol. The summed E-state index contributed by atoms with van der Waals surface area (Å²) in [4.78, 5) is 0. The molecule has 0 fully saturated rings. The molecule has 2 heteroatoms. The maximum atomic E-state index is 11.2. The molecule has 0 aliphatic rings. The molecule has 0 rings (SSSR count). The van der Waals surface area contributed by atoms with Crippen LogP contribution in [0.4, 0.5) is 4.32 Å². The quantitative estimate of drug-likeness (QED) is 0.376. The van der Waals surface area contributed by atoms with Crippen LogP contribution < -0.4 is 0 Å². The SMILES string of the molecule is CCCCC[B]F. The Balaban J connectivity index is 2.45. The predicted octanol–water partition coefficient (Wildman–Crippen LogP) is 2.18. The van der Waals surface area contributed by atoms with Crippen molar-refractivity contribution in [3.63, 3.8) is 0 Å². The third-order valence-corrected chi connectivity index (χ3v) is 0.917. The molecule has 0 saturated heterocycles. The van der Waals surface area contributed by atoms with Gasteiger partial charge in [-0.15, -0.1) is 0 Å². The van der Waals surface area contributed by atoms with Crippen LogP contribution in [0.1, 0.15) is 26.2 Å². The predicted molar refractivity (Wildman–Crippen MR) is 31.2 cm³/mol. The zero-order chi connectivity index (χ0) is 5.54. The number of hydrogen-bond acceptors (Lipinski definition) is 0. The van der Waals surface area contributed by atoms with Crippen molar-refractivity contribution >= 4 is 7.56 Å². The molecule has 0 aromatic carbocycles. The maximum absolute atomic E-state index is 11.2. The minimum atomic E-state index is 0.633. The minimum Gasteiger partial charge on any atom is -0.343 e. The topological polar surface area (TPSA) is 0 Å². The van der Waals surface area contributed by atoms with Gasteiger partial charge in [-0.3, -0.25) is 0 Å². The van der Waals surface area contributed by atoms with Gasteiger partial charge < -0.3 is 4.32 Å². The molecule has 0 atom stereocenters. The molecule has 0 amide bonds. The molecule has 0 aromatic rings. The van der Waals surface area contributed by atoms with E-state index in [2.05, 4.69) is 6.92 Å². The van der Waals surface area contributed by atoms with Gasteiger partial charge in [-0.05, 0) is 6.32 Å².